The Labute approximate surface area is 243 Å². The number of amides is 2. The fraction of sp³-hybridized carbons (Fsp3) is 0.310. The van der Waals surface area contributed by atoms with Crippen molar-refractivity contribution in [2.45, 2.75) is 44.3 Å². The number of nitrogens with zero attached hydrogens (tertiary/aromatic N) is 2. The first-order chi connectivity index (χ1) is 19.3. The molecule has 3 rings (SSSR count). The lowest BCUT2D eigenvalue weighted by atomic mass is 10.1. The Morgan fingerprint density at radius 3 is 2.22 bits per heavy atom. The van der Waals surface area contributed by atoms with Crippen molar-refractivity contribution in [1.82, 2.24) is 10.2 Å². The SMILES string of the molecule is CCNC(=O)[C@@H](C)N(CCc1ccccc1)C(=O)CN(c1ccc(Cl)c(C(F)(F)F)c1)S(=O)(=O)c1ccc(C)cc1. The fourth-order valence-corrected chi connectivity index (χ4v) is 5.77. The van der Waals surface area contributed by atoms with Crippen LogP contribution in [0, 0.1) is 6.92 Å². The molecular formula is C29H31ClF3N3O4S. The predicted molar refractivity (Wildman–Crippen MR) is 152 cm³/mol. The van der Waals surface area contributed by atoms with Gasteiger partial charge >= 0.3 is 6.18 Å². The molecule has 1 N–H and O–H groups in total. The van der Waals surface area contributed by atoms with Gasteiger partial charge in [-0.3, -0.25) is 13.9 Å². The van der Waals surface area contributed by atoms with Crippen LogP contribution in [0.1, 0.15) is 30.5 Å². The Morgan fingerprint density at radius 2 is 1.63 bits per heavy atom. The van der Waals surface area contributed by atoms with Crippen LogP contribution in [0.4, 0.5) is 18.9 Å². The van der Waals surface area contributed by atoms with E-state index >= 15 is 0 Å². The topological polar surface area (TPSA) is 86.8 Å². The monoisotopic (exact) mass is 609 g/mol. The summed E-state index contributed by atoms with van der Waals surface area (Å²) in [7, 11) is -4.52. The number of carbonyl (C=O) groups excluding carboxylic acids is 2. The third-order valence-corrected chi connectivity index (χ3v) is 8.55. The maximum Gasteiger partial charge on any atom is 0.417 e. The number of anilines is 1. The van der Waals surface area contributed by atoms with Gasteiger partial charge in [0, 0.05) is 13.1 Å². The molecular weight excluding hydrogens is 579 g/mol. The van der Waals surface area contributed by atoms with E-state index in [1.165, 1.54) is 24.0 Å². The molecule has 2 amide bonds. The molecule has 3 aromatic rings. The summed E-state index contributed by atoms with van der Waals surface area (Å²) in [6.45, 7) is 4.50. The van der Waals surface area contributed by atoms with E-state index in [-0.39, 0.29) is 11.4 Å². The van der Waals surface area contributed by atoms with Crippen molar-refractivity contribution in [2.75, 3.05) is 23.9 Å². The smallest absolute Gasteiger partial charge is 0.355 e. The van der Waals surface area contributed by atoms with E-state index in [9.17, 15) is 31.2 Å². The summed E-state index contributed by atoms with van der Waals surface area (Å²) in [5.41, 5.74) is -0.000465. The Morgan fingerprint density at radius 1 is 1.00 bits per heavy atom. The first-order valence-electron chi connectivity index (χ1n) is 12.8. The van der Waals surface area contributed by atoms with Crippen LogP contribution in [0.25, 0.3) is 0 Å². The van der Waals surface area contributed by atoms with E-state index in [4.69, 9.17) is 11.6 Å². The third kappa shape index (κ3) is 8.01. The molecule has 41 heavy (non-hydrogen) atoms. The van der Waals surface area contributed by atoms with Crippen LogP contribution in [0.5, 0.6) is 0 Å². The van der Waals surface area contributed by atoms with Crippen molar-refractivity contribution in [1.29, 1.82) is 0 Å². The minimum Gasteiger partial charge on any atom is -0.355 e. The first-order valence-corrected chi connectivity index (χ1v) is 14.6. The molecule has 0 aromatic heterocycles. The van der Waals surface area contributed by atoms with Crippen LogP contribution in [0.3, 0.4) is 0 Å². The molecule has 0 aliphatic heterocycles. The molecule has 1 atom stereocenters. The number of halogens is 4. The zero-order valence-electron chi connectivity index (χ0n) is 22.8. The van der Waals surface area contributed by atoms with Gasteiger partial charge in [0.15, 0.2) is 0 Å². The van der Waals surface area contributed by atoms with Crippen molar-refractivity contribution in [3.05, 3.63) is 94.5 Å². The Hall–Kier alpha value is -3.57. The highest BCUT2D eigenvalue weighted by Crippen LogP contribution is 2.38. The second kappa shape index (κ2) is 13.4. The normalized spacial score (nSPS) is 12.5. The Bertz CT molecular complexity index is 1470. The third-order valence-electron chi connectivity index (χ3n) is 6.43. The molecule has 0 bridgehead atoms. The number of rotatable bonds is 11. The Kier molecular flexibility index (Phi) is 10.4. The Balaban J connectivity index is 2.07. The molecule has 0 fully saturated rings. The summed E-state index contributed by atoms with van der Waals surface area (Å²) in [5, 5.41) is 2.04. The van der Waals surface area contributed by atoms with E-state index in [1.54, 1.807) is 26.0 Å². The number of sulfonamides is 1. The zero-order valence-corrected chi connectivity index (χ0v) is 24.4. The van der Waals surface area contributed by atoms with Gasteiger partial charge in [-0.2, -0.15) is 13.2 Å². The summed E-state index contributed by atoms with van der Waals surface area (Å²) in [6.07, 6.45) is -4.51. The predicted octanol–water partition coefficient (Wildman–Crippen LogP) is 5.46. The van der Waals surface area contributed by atoms with Gasteiger partial charge in [0.25, 0.3) is 10.0 Å². The zero-order chi connectivity index (χ0) is 30.4. The van der Waals surface area contributed by atoms with E-state index in [0.29, 0.717) is 23.3 Å². The van der Waals surface area contributed by atoms with Gasteiger partial charge in [-0.1, -0.05) is 59.6 Å². The summed E-state index contributed by atoms with van der Waals surface area (Å²) in [5.74, 6) is -1.22. The molecule has 7 nitrogen and oxygen atoms in total. The van der Waals surface area contributed by atoms with Gasteiger partial charge in [-0.25, -0.2) is 8.42 Å². The van der Waals surface area contributed by atoms with E-state index < -0.39 is 56.9 Å². The highest BCUT2D eigenvalue weighted by atomic mass is 35.5. The average Bonchev–Trinajstić information content (AvgIpc) is 2.92. The minimum absolute atomic E-state index is 0.0635. The second-order valence-corrected chi connectivity index (χ2v) is 11.6. The minimum atomic E-state index is -4.87. The lowest BCUT2D eigenvalue weighted by Gasteiger charge is -2.32. The van der Waals surface area contributed by atoms with Crippen molar-refractivity contribution >= 4 is 39.1 Å². The highest BCUT2D eigenvalue weighted by molar-refractivity contribution is 7.92. The van der Waals surface area contributed by atoms with Crippen molar-refractivity contribution in [3.8, 4) is 0 Å². The summed E-state index contributed by atoms with van der Waals surface area (Å²) >= 11 is 5.79. The second-order valence-electron chi connectivity index (χ2n) is 9.38. The maximum absolute atomic E-state index is 13.8. The molecule has 0 saturated carbocycles. The van der Waals surface area contributed by atoms with Crippen LogP contribution < -0.4 is 9.62 Å². The van der Waals surface area contributed by atoms with Crippen LogP contribution in [0.15, 0.2) is 77.7 Å². The largest absolute Gasteiger partial charge is 0.417 e. The average molecular weight is 610 g/mol. The van der Waals surface area contributed by atoms with Gasteiger partial charge in [-0.05, 0) is 63.1 Å². The molecule has 0 aliphatic carbocycles. The number of benzene rings is 3. The number of nitrogens with one attached hydrogen (secondary N) is 1. The molecule has 0 saturated heterocycles. The molecule has 0 unspecified atom stereocenters. The lowest BCUT2D eigenvalue weighted by molar-refractivity contribution is -0.138. The van der Waals surface area contributed by atoms with E-state index in [2.05, 4.69) is 5.32 Å². The highest BCUT2D eigenvalue weighted by Gasteiger charge is 2.36. The molecule has 0 spiro atoms. The van der Waals surface area contributed by atoms with Gasteiger partial charge in [0.05, 0.1) is 21.2 Å². The van der Waals surface area contributed by atoms with E-state index in [1.807, 2.05) is 30.3 Å². The van der Waals surface area contributed by atoms with Crippen molar-refractivity contribution < 1.29 is 31.2 Å². The lowest BCUT2D eigenvalue weighted by Crippen LogP contribution is -2.52. The van der Waals surface area contributed by atoms with Gasteiger partial charge in [-0.15, -0.1) is 0 Å². The van der Waals surface area contributed by atoms with Crippen LogP contribution >= 0.6 is 11.6 Å². The van der Waals surface area contributed by atoms with Crippen LogP contribution in [-0.2, 0) is 32.2 Å². The number of alkyl halides is 3. The van der Waals surface area contributed by atoms with Gasteiger partial charge < -0.3 is 10.2 Å². The number of likely N-dealkylation sites (N-methyl/N-ethyl adjacent to an activating group) is 1. The number of hydrogen-bond donors (Lipinski definition) is 1. The van der Waals surface area contributed by atoms with Gasteiger partial charge in [0.2, 0.25) is 11.8 Å². The number of aryl methyl sites for hydroxylation is 1. The summed E-state index contributed by atoms with van der Waals surface area (Å²) in [4.78, 5) is 27.5. The molecule has 0 heterocycles. The fourth-order valence-electron chi connectivity index (χ4n) is 4.14. The van der Waals surface area contributed by atoms with Crippen molar-refractivity contribution in [2.24, 2.45) is 0 Å². The molecule has 0 aliphatic rings. The standard InChI is InChI=1S/C29H31ClF3N3O4S/c1-4-34-28(38)21(3)35(17-16-22-8-6-5-7-9-22)27(37)19-36(41(39,40)24-13-10-20(2)11-14-24)23-12-15-26(30)25(18-23)29(31,32)33/h5-15,18,21H,4,16-17,19H2,1-3H3,(H,34,38)/t21-/m1/s1. The molecule has 220 valence electrons. The molecule has 0 radical (unpaired) electrons. The molecule has 3 aromatic carbocycles. The van der Waals surface area contributed by atoms with E-state index in [0.717, 1.165) is 23.3 Å². The van der Waals surface area contributed by atoms with Crippen LogP contribution in [-0.4, -0.2) is 50.8 Å². The number of carbonyl (C=O) groups is 2. The summed E-state index contributed by atoms with van der Waals surface area (Å²) < 4.78 is 69.3. The molecule has 12 heteroatoms. The first kappa shape index (κ1) is 32.0. The maximum atomic E-state index is 13.8. The number of hydrogen-bond acceptors (Lipinski definition) is 4. The summed E-state index contributed by atoms with van der Waals surface area (Å²) in [6, 6.07) is 16.5. The van der Waals surface area contributed by atoms with Crippen LogP contribution in [0.2, 0.25) is 5.02 Å². The quantitative estimate of drug-likeness (QED) is 0.313. The van der Waals surface area contributed by atoms with Crippen molar-refractivity contribution in [3.63, 3.8) is 0 Å². The van der Waals surface area contributed by atoms with Gasteiger partial charge in [0.1, 0.15) is 12.6 Å².